The highest BCUT2D eigenvalue weighted by Gasteiger charge is 2.03. The molecule has 1 aromatic rings. The highest BCUT2D eigenvalue weighted by atomic mass is 16.5. The Morgan fingerprint density at radius 2 is 1.81 bits per heavy atom. The molecule has 0 radical (unpaired) electrons. The van der Waals surface area contributed by atoms with Gasteiger partial charge >= 0.3 is 0 Å². The summed E-state index contributed by atoms with van der Waals surface area (Å²) < 4.78 is 10.3. The van der Waals surface area contributed by atoms with Crippen LogP contribution in [0.15, 0.2) is 24.3 Å². The zero-order valence-corrected chi connectivity index (χ0v) is 12.1. The minimum atomic E-state index is -0.359. The minimum Gasteiger partial charge on any atom is -0.491 e. The molecule has 1 rings (SSSR count). The molecule has 0 aliphatic carbocycles. The van der Waals surface area contributed by atoms with Crippen LogP contribution in [0.2, 0.25) is 0 Å². The van der Waals surface area contributed by atoms with Gasteiger partial charge in [0.05, 0.1) is 19.7 Å². The zero-order valence-electron chi connectivity index (χ0n) is 12.1. The van der Waals surface area contributed by atoms with Gasteiger partial charge in [0.1, 0.15) is 12.4 Å². The molecule has 0 spiro atoms. The number of hydrogen-bond donors (Lipinski definition) is 3. The van der Waals surface area contributed by atoms with Crippen LogP contribution in [0, 0.1) is 0 Å². The van der Waals surface area contributed by atoms with Crippen LogP contribution in [0.4, 0.5) is 0 Å². The van der Waals surface area contributed by atoms with Crippen molar-refractivity contribution >= 4 is 11.8 Å². The van der Waals surface area contributed by atoms with Crippen LogP contribution >= 0.6 is 0 Å². The third-order valence-electron chi connectivity index (χ3n) is 2.60. The molecule has 7 heteroatoms. The monoisotopic (exact) mass is 295 g/mol. The van der Waals surface area contributed by atoms with Gasteiger partial charge in [-0.3, -0.25) is 9.59 Å². The van der Waals surface area contributed by atoms with Crippen molar-refractivity contribution in [3.05, 3.63) is 29.8 Å². The van der Waals surface area contributed by atoms with Crippen LogP contribution in [-0.2, 0) is 20.9 Å². The highest BCUT2D eigenvalue weighted by molar-refractivity contribution is 5.85. The molecule has 21 heavy (non-hydrogen) atoms. The van der Waals surface area contributed by atoms with E-state index in [1.807, 2.05) is 24.3 Å². The molecule has 2 amide bonds. The lowest BCUT2D eigenvalue weighted by Gasteiger charge is -2.08. The van der Waals surface area contributed by atoms with E-state index in [0.717, 1.165) is 11.3 Å². The number of amides is 2. The van der Waals surface area contributed by atoms with Gasteiger partial charge in [0.15, 0.2) is 0 Å². The van der Waals surface area contributed by atoms with Gasteiger partial charge in [0.2, 0.25) is 11.8 Å². The largest absolute Gasteiger partial charge is 0.491 e. The van der Waals surface area contributed by atoms with Crippen LogP contribution in [0.5, 0.6) is 5.75 Å². The van der Waals surface area contributed by atoms with E-state index in [4.69, 9.17) is 15.2 Å². The van der Waals surface area contributed by atoms with Crippen LogP contribution in [0.3, 0.4) is 0 Å². The quantitative estimate of drug-likeness (QED) is 0.528. The molecule has 1 aromatic carbocycles. The molecule has 0 atom stereocenters. The van der Waals surface area contributed by atoms with Gasteiger partial charge in [-0.05, 0) is 17.7 Å². The van der Waals surface area contributed by atoms with Crippen molar-refractivity contribution in [1.82, 2.24) is 10.6 Å². The second kappa shape index (κ2) is 9.73. The normalized spacial score (nSPS) is 10.0. The van der Waals surface area contributed by atoms with E-state index >= 15 is 0 Å². The van der Waals surface area contributed by atoms with E-state index in [0.29, 0.717) is 19.8 Å². The average Bonchev–Trinajstić information content (AvgIpc) is 2.52. The first-order valence-corrected chi connectivity index (χ1v) is 6.60. The fraction of sp³-hybridized carbons (Fsp3) is 0.429. The third kappa shape index (κ3) is 7.28. The second-order valence-corrected chi connectivity index (χ2v) is 4.24. The molecule has 0 aromatic heterocycles. The van der Waals surface area contributed by atoms with Crippen LogP contribution in [0.1, 0.15) is 5.56 Å². The fourth-order valence-corrected chi connectivity index (χ4v) is 1.46. The maximum Gasteiger partial charge on any atom is 0.239 e. The van der Waals surface area contributed by atoms with Gasteiger partial charge in [0, 0.05) is 13.7 Å². The number of methoxy groups -OCH3 is 1. The molecule has 0 aliphatic heterocycles. The Hall–Kier alpha value is -2.12. The number of hydrogen-bond acceptors (Lipinski definition) is 5. The third-order valence-corrected chi connectivity index (χ3v) is 2.60. The van der Waals surface area contributed by atoms with Gasteiger partial charge in [-0.25, -0.2) is 0 Å². The Balaban J connectivity index is 2.28. The lowest BCUT2D eigenvalue weighted by Crippen LogP contribution is -2.39. The first-order valence-electron chi connectivity index (χ1n) is 6.60. The van der Waals surface area contributed by atoms with Crippen LogP contribution < -0.4 is 21.1 Å². The minimum absolute atomic E-state index is 0.0752. The molecule has 0 saturated carbocycles. The Bertz CT molecular complexity index is 448. The summed E-state index contributed by atoms with van der Waals surface area (Å²) in [5.74, 6) is 0.122. The van der Waals surface area contributed by atoms with Gasteiger partial charge in [0.25, 0.3) is 0 Å². The topological polar surface area (TPSA) is 103 Å². The van der Waals surface area contributed by atoms with Gasteiger partial charge < -0.3 is 25.8 Å². The smallest absolute Gasteiger partial charge is 0.239 e. The summed E-state index contributed by atoms with van der Waals surface area (Å²) in [4.78, 5) is 22.4. The van der Waals surface area contributed by atoms with Gasteiger partial charge in [-0.2, -0.15) is 0 Å². The number of nitrogens with two attached hydrogens (primary N) is 1. The predicted octanol–water partition coefficient (Wildman–Crippen LogP) is -0.597. The number of carbonyl (C=O) groups excluding carboxylic acids is 2. The summed E-state index contributed by atoms with van der Waals surface area (Å²) in [6, 6.07) is 7.38. The lowest BCUT2D eigenvalue weighted by molar-refractivity contribution is -0.125. The van der Waals surface area contributed by atoms with Crippen LogP contribution in [0.25, 0.3) is 0 Å². The molecule has 0 fully saturated rings. The Morgan fingerprint density at radius 1 is 1.10 bits per heavy atom. The summed E-state index contributed by atoms with van der Waals surface area (Å²) in [6.45, 7) is 1.21. The summed E-state index contributed by atoms with van der Waals surface area (Å²) >= 11 is 0. The zero-order chi connectivity index (χ0) is 15.5. The Morgan fingerprint density at radius 3 is 2.43 bits per heavy atom. The first kappa shape index (κ1) is 16.9. The highest BCUT2D eigenvalue weighted by Crippen LogP contribution is 2.11. The number of carbonyl (C=O) groups is 2. The van der Waals surface area contributed by atoms with Crippen molar-refractivity contribution in [1.29, 1.82) is 0 Å². The molecule has 4 N–H and O–H groups in total. The average molecular weight is 295 g/mol. The summed E-state index contributed by atoms with van der Waals surface area (Å²) in [5, 5.41) is 5.09. The second-order valence-electron chi connectivity index (χ2n) is 4.24. The summed E-state index contributed by atoms with van der Waals surface area (Å²) in [7, 11) is 1.62. The molecule has 0 heterocycles. The molecule has 0 bridgehead atoms. The van der Waals surface area contributed by atoms with Crippen molar-refractivity contribution < 1.29 is 19.1 Å². The molecule has 0 aliphatic rings. The van der Waals surface area contributed by atoms with Crippen molar-refractivity contribution in [2.24, 2.45) is 5.73 Å². The molecular weight excluding hydrogens is 274 g/mol. The van der Waals surface area contributed by atoms with Gasteiger partial charge in [-0.1, -0.05) is 12.1 Å². The maximum atomic E-state index is 11.5. The van der Waals surface area contributed by atoms with E-state index in [2.05, 4.69) is 10.6 Å². The summed E-state index contributed by atoms with van der Waals surface area (Å²) in [6.07, 6.45) is 0. The Kier molecular flexibility index (Phi) is 7.85. The molecule has 0 saturated heterocycles. The molecule has 0 unspecified atom stereocenters. The van der Waals surface area contributed by atoms with Gasteiger partial charge in [-0.15, -0.1) is 0 Å². The predicted molar refractivity (Wildman–Crippen MR) is 77.7 cm³/mol. The van der Waals surface area contributed by atoms with Crippen LogP contribution in [-0.4, -0.2) is 45.2 Å². The SMILES string of the molecule is COCCOc1ccc(CNC(=O)CNC(=O)CN)cc1. The number of nitrogens with one attached hydrogen (secondary N) is 2. The number of rotatable bonds is 9. The van der Waals surface area contributed by atoms with E-state index < -0.39 is 0 Å². The maximum absolute atomic E-state index is 11.5. The molecule has 116 valence electrons. The number of ether oxygens (including phenoxy) is 2. The van der Waals surface area contributed by atoms with E-state index in [9.17, 15) is 9.59 Å². The van der Waals surface area contributed by atoms with Crippen molar-refractivity contribution in [2.75, 3.05) is 33.4 Å². The lowest BCUT2D eigenvalue weighted by atomic mass is 10.2. The van der Waals surface area contributed by atoms with Crippen molar-refractivity contribution in [3.8, 4) is 5.75 Å². The fourth-order valence-electron chi connectivity index (χ4n) is 1.46. The molecular formula is C14H21N3O4. The first-order chi connectivity index (χ1) is 10.2. The van der Waals surface area contributed by atoms with E-state index in [1.165, 1.54) is 0 Å². The van der Waals surface area contributed by atoms with Crippen molar-refractivity contribution in [2.45, 2.75) is 6.54 Å². The summed E-state index contributed by atoms with van der Waals surface area (Å²) in [5.41, 5.74) is 6.06. The van der Waals surface area contributed by atoms with Crippen molar-refractivity contribution in [3.63, 3.8) is 0 Å². The Labute approximate surface area is 123 Å². The standard InChI is InChI=1S/C14H21N3O4/c1-20-6-7-21-12-4-2-11(3-5-12)9-16-14(19)10-17-13(18)8-15/h2-5H,6-10,15H2,1H3,(H,16,19)(H,17,18). The molecule has 7 nitrogen and oxygen atoms in total. The van der Waals surface area contributed by atoms with E-state index in [-0.39, 0.29) is 24.9 Å². The number of benzene rings is 1. The van der Waals surface area contributed by atoms with E-state index in [1.54, 1.807) is 7.11 Å².